The number of rotatable bonds is 6. The van der Waals surface area contributed by atoms with Crippen molar-refractivity contribution in [1.82, 2.24) is 4.90 Å². The summed E-state index contributed by atoms with van der Waals surface area (Å²) < 4.78 is 0. The van der Waals surface area contributed by atoms with E-state index in [0.717, 1.165) is 11.1 Å². The molecule has 1 unspecified atom stereocenters. The fourth-order valence-electron chi connectivity index (χ4n) is 2.50. The van der Waals surface area contributed by atoms with Gasteiger partial charge in [-0.25, -0.2) is 4.79 Å². The molecule has 0 aliphatic heterocycles. The number of hydrogen-bond acceptors (Lipinski definition) is 2. The van der Waals surface area contributed by atoms with E-state index in [4.69, 9.17) is 0 Å². The summed E-state index contributed by atoms with van der Waals surface area (Å²) in [5.41, 5.74) is 1.73. The molecule has 0 saturated carbocycles. The molecule has 4 heteroatoms. The third-order valence-electron chi connectivity index (χ3n) is 3.49. The molecule has 4 nitrogen and oxygen atoms in total. The summed E-state index contributed by atoms with van der Waals surface area (Å²) in [5, 5.41) is 9.57. The molecule has 0 saturated heterocycles. The molecule has 1 atom stereocenters. The van der Waals surface area contributed by atoms with Gasteiger partial charge in [0.25, 0.3) is 0 Å². The maximum Gasteiger partial charge on any atom is 0.327 e. The van der Waals surface area contributed by atoms with Crippen LogP contribution in [0.1, 0.15) is 17.0 Å². The Labute approximate surface area is 123 Å². The first-order chi connectivity index (χ1) is 10.1. The van der Waals surface area contributed by atoms with Gasteiger partial charge in [-0.15, -0.1) is 0 Å². The minimum absolute atomic E-state index is 0.417. The second-order valence-electron chi connectivity index (χ2n) is 4.85. The molecule has 1 N–H and O–H groups in total. The number of amides is 1. The SMILES string of the molecule is CN(C=O)C(C(=O)O)C(c1ccccc1)c1ccccc1. The van der Waals surface area contributed by atoms with Gasteiger partial charge in [-0.3, -0.25) is 4.79 Å². The van der Waals surface area contributed by atoms with Crippen molar-refractivity contribution in [3.8, 4) is 0 Å². The van der Waals surface area contributed by atoms with E-state index in [-0.39, 0.29) is 0 Å². The van der Waals surface area contributed by atoms with E-state index < -0.39 is 17.9 Å². The number of carboxylic acids is 1. The average molecular weight is 283 g/mol. The molecule has 108 valence electrons. The third-order valence-corrected chi connectivity index (χ3v) is 3.49. The Bertz CT molecular complexity index is 558. The van der Waals surface area contributed by atoms with E-state index in [1.54, 1.807) is 0 Å². The van der Waals surface area contributed by atoms with E-state index in [2.05, 4.69) is 0 Å². The van der Waals surface area contributed by atoms with Crippen molar-refractivity contribution in [2.75, 3.05) is 7.05 Å². The van der Waals surface area contributed by atoms with Crippen LogP contribution < -0.4 is 0 Å². The monoisotopic (exact) mass is 283 g/mol. The number of aliphatic carboxylic acids is 1. The van der Waals surface area contributed by atoms with Crippen LogP contribution in [0.4, 0.5) is 0 Å². The molecule has 2 aromatic carbocycles. The van der Waals surface area contributed by atoms with Crippen molar-refractivity contribution < 1.29 is 14.7 Å². The number of carboxylic acid groups (broad SMARTS) is 1. The minimum Gasteiger partial charge on any atom is -0.480 e. The molecular formula is C17H17NO3. The summed E-state index contributed by atoms with van der Waals surface area (Å²) in [6, 6.07) is 17.8. The highest BCUT2D eigenvalue weighted by atomic mass is 16.4. The number of benzene rings is 2. The van der Waals surface area contributed by atoms with Crippen LogP contribution in [0.3, 0.4) is 0 Å². The number of nitrogens with zero attached hydrogens (tertiary/aromatic N) is 1. The highest BCUT2D eigenvalue weighted by molar-refractivity contribution is 5.78. The van der Waals surface area contributed by atoms with E-state index in [9.17, 15) is 14.7 Å². The Morgan fingerprint density at radius 3 is 1.76 bits per heavy atom. The average Bonchev–Trinajstić information content (AvgIpc) is 2.53. The summed E-state index contributed by atoms with van der Waals surface area (Å²) >= 11 is 0. The normalized spacial score (nSPS) is 11.9. The lowest BCUT2D eigenvalue weighted by Gasteiger charge is -2.30. The summed E-state index contributed by atoms with van der Waals surface area (Å²) in [5.74, 6) is -1.44. The Balaban J connectivity index is 2.55. The van der Waals surface area contributed by atoms with Crippen molar-refractivity contribution in [2.45, 2.75) is 12.0 Å². The lowest BCUT2D eigenvalue weighted by atomic mass is 9.84. The molecule has 0 fully saturated rings. The molecule has 21 heavy (non-hydrogen) atoms. The van der Waals surface area contributed by atoms with Crippen molar-refractivity contribution in [1.29, 1.82) is 0 Å². The van der Waals surface area contributed by atoms with Crippen LogP contribution >= 0.6 is 0 Å². The lowest BCUT2D eigenvalue weighted by Crippen LogP contribution is -2.42. The third kappa shape index (κ3) is 3.28. The summed E-state index contributed by atoms with van der Waals surface area (Å²) in [6.45, 7) is 0. The van der Waals surface area contributed by atoms with Crippen LogP contribution in [-0.4, -0.2) is 35.5 Å². The second-order valence-corrected chi connectivity index (χ2v) is 4.85. The van der Waals surface area contributed by atoms with Crippen molar-refractivity contribution in [2.24, 2.45) is 0 Å². The molecule has 0 aliphatic carbocycles. The van der Waals surface area contributed by atoms with E-state index in [0.29, 0.717) is 6.41 Å². The van der Waals surface area contributed by atoms with Gasteiger partial charge in [-0.2, -0.15) is 0 Å². The predicted molar refractivity (Wildman–Crippen MR) is 80.0 cm³/mol. The summed E-state index contributed by atoms with van der Waals surface area (Å²) in [4.78, 5) is 24.0. The topological polar surface area (TPSA) is 57.6 Å². The number of carbonyl (C=O) groups is 2. The van der Waals surface area contributed by atoms with Crippen LogP contribution in [0, 0.1) is 0 Å². The highest BCUT2D eigenvalue weighted by Crippen LogP contribution is 2.30. The molecule has 0 radical (unpaired) electrons. The Morgan fingerprint density at radius 1 is 1.00 bits per heavy atom. The lowest BCUT2D eigenvalue weighted by molar-refractivity contribution is -0.146. The van der Waals surface area contributed by atoms with Gasteiger partial charge in [-0.1, -0.05) is 60.7 Å². The number of likely N-dealkylation sites (N-methyl/N-ethyl adjacent to an activating group) is 1. The molecule has 0 heterocycles. The first-order valence-electron chi connectivity index (χ1n) is 6.65. The number of carbonyl (C=O) groups excluding carboxylic acids is 1. The van der Waals surface area contributed by atoms with E-state index >= 15 is 0 Å². The Morgan fingerprint density at radius 2 is 1.43 bits per heavy atom. The molecule has 0 aromatic heterocycles. The standard InChI is InChI=1S/C17H17NO3/c1-18(12-19)16(17(20)21)15(13-8-4-2-5-9-13)14-10-6-3-7-11-14/h2-12,15-16H,1H3,(H,20,21). The van der Waals surface area contributed by atoms with Gasteiger partial charge in [0, 0.05) is 13.0 Å². The zero-order chi connectivity index (χ0) is 15.2. The van der Waals surface area contributed by atoms with Gasteiger partial charge in [0.1, 0.15) is 6.04 Å². The first-order valence-corrected chi connectivity index (χ1v) is 6.65. The summed E-state index contributed by atoms with van der Waals surface area (Å²) in [6.07, 6.45) is 0.553. The van der Waals surface area contributed by atoms with Crippen molar-refractivity contribution in [3.63, 3.8) is 0 Å². The fraction of sp³-hybridized carbons (Fsp3) is 0.176. The molecule has 2 aromatic rings. The Hall–Kier alpha value is -2.62. The van der Waals surface area contributed by atoms with Gasteiger partial charge in [0.2, 0.25) is 6.41 Å². The van der Waals surface area contributed by atoms with Gasteiger partial charge >= 0.3 is 5.97 Å². The second kappa shape index (κ2) is 6.70. The van der Waals surface area contributed by atoms with Crippen LogP contribution in [0.15, 0.2) is 60.7 Å². The van der Waals surface area contributed by atoms with Crippen molar-refractivity contribution >= 4 is 12.4 Å². The fourth-order valence-corrected chi connectivity index (χ4v) is 2.50. The minimum atomic E-state index is -1.03. The maximum atomic E-state index is 11.7. The molecule has 0 spiro atoms. The summed E-state index contributed by atoms with van der Waals surface area (Å²) in [7, 11) is 1.49. The van der Waals surface area contributed by atoms with Gasteiger partial charge in [-0.05, 0) is 11.1 Å². The number of hydrogen-bond donors (Lipinski definition) is 1. The molecule has 2 rings (SSSR count). The quantitative estimate of drug-likeness (QED) is 0.828. The molecule has 1 amide bonds. The van der Waals surface area contributed by atoms with Crippen LogP contribution in [0.2, 0.25) is 0 Å². The van der Waals surface area contributed by atoms with Crippen LogP contribution in [0.5, 0.6) is 0 Å². The van der Waals surface area contributed by atoms with Gasteiger partial charge in [0.05, 0.1) is 0 Å². The first kappa shape index (κ1) is 14.8. The zero-order valence-corrected chi connectivity index (χ0v) is 11.7. The molecule has 0 aliphatic rings. The van der Waals surface area contributed by atoms with Crippen molar-refractivity contribution in [3.05, 3.63) is 71.8 Å². The zero-order valence-electron chi connectivity index (χ0n) is 11.7. The van der Waals surface area contributed by atoms with Gasteiger partial charge < -0.3 is 10.0 Å². The predicted octanol–water partition coefficient (Wildman–Crippen LogP) is 2.36. The molecular weight excluding hydrogens is 266 g/mol. The molecule has 0 bridgehead atoms. The smallest absolute Gasteiger partial charge is 0.327 e. The van der Waals surface area contributed by atoms with Crippen LogP contribution in [0.25, 0.3) is 0 Å². The Kier molecular flexibility index (Phi) is 4.72. The van der Waals surface area contributed by atoms with Crippen LogP contribution in [-0.2, 0) is 9.59 Å². The highest BCUT2D eigenvalue weighted by Gasteiger charge is 2.33. The van der Waals surface area contributed by atoms with E-state index in [1.165, 1.54) is 11.9 Å². The maximum absolute atomic E-state index is 11.7. The largest absolute Gasteiger partial charge is 0.480 e. The van der Waals surface area contributed by atoms with Gasteiger partial charge in [0.15, 0.2) is 0 Å². The van der Waals surface area contributed by atoms with E-state index in [1.807, 2.05) is 60.7 Å².